The second-order valence-corrected chi connectivity index (χ2v) is 5.62. The molecule has 0 aliphatic heterocycles. The molecule has 0 radical (unpaired) electrons. The molecule has 0 aliphatic rings. The number of nitrogens with two attached hydrogens (primary N) is 2. The molecule has 0 aromatic rings. The number of hydrogen-bond acceptors (Lipinski definition) is 5. The molecule has 5 nitrogen and oxygen atoms in total. The summed E-state index contributed by atoms with van der Waals surface area (Å²) in [6, 6.07) is 0.273. The highest BCUT2D eigenvalue weighted by Gasteiger charge is 2.16. The normalized spacial score (nSPS) is 15.0. The zero-order valence-electron chi connectivity index (χ0n) is 14.3. The van der Waals surface area contributed by atoms with Gasteiger partial charge in [-0.2, -0.15) is 0 Å². The third kappa shape index (κ3) is 11.7. The van der Waals surface area contributed by atoms with Crippen LogP contribution in [0.2, 0.25) is 0 Å². The van der Waals surface area contributed by atoms with Gasteiger partial charge in [0.2, 0.25) is 0 Å². The number of unbranched alkanes of at least 4 members (excludes halogenated alkanes) is 2. The summed E-state index contributed by atoms with van der Waals surface area (Å²) in [5.74, 6) is 0. The van der Waals surface area contributed by atoms with Crippen LogP contribution in [0.4, 0.5) is 0 Å². The predicted molar refractivity (Wildman–Crippen MR) is 92.8 cm³/mol. The van der Waals surface area contributed by atoms with E-state index in [1.807, 2.05) is 0 Å². The Morgan fingerprint density at radius 2 is 1.95 bits per heavy atom. The van der Waals surface area contributed by atoms with Gasteiger partial charge in [-0.15, -0.1) is 0 Å². The average Bonchev–Trinajstić information content (AvgIpc) is 2.48. The second kappa shape index (κ2) is 14.3. The van der Waals surface area contributed by atoms with Crippen molar-refractivity contribution in [1.29, 1.82) is 0 Å². The van der Waals surface area contributed by atoms with Crippen LogP contribution in [-0.2, 0) is 0 Å². The fraction of sp³-hybridized carbons (Fsp3) is 0.875. The molecule has 0 saturated heterocycles. The molecule has 0 spiro atoms. The van der Waals surface area contributed by atoms with Crippen molar-refractivity contribution in [3.05, 3.63) is 11.8 Å². The van der Waals surface area contributed by atoms with E-state index in [0.29, 0.717) is 0 Å². The first kappa shape index (κ1) is 20.4. The lowest BCUT2D eigenvalue weighted by Gasteiger charge is -2.27. The van der Waals surface area contributed by atoms with Crippen LogP contribution >= 0.6 is 0 Å². The summed E-state index contributed by atoms with van der Waals surface area (Å²) in [6.07, 6.45) is 8.96. The minimum atomic E-state index is -0.0492. The molecule has 2 atom stereocenters. The van der Waals surface area contributed by atoms with Crippen LogP contribution in [0.5, 0.6) is 0 Å². The van der Waals surface area contributed by atoms with E-state index in [1.54, 1.807) is 0 Å². The van der Waals surface area contributed by atoms with E-state index in [9.17, 15) is 0 Å². The second-order valence-electron chi connectivity index (χ2n) is 5.62. The molecule has 0 saturated carbocycles. The first-order valence-corrected chi connectivity index (χ1v) is 8.48. The van der Waals surface area contributed by atoms with Crippen molar-refractivity contribution >= 4 is 0 Å². The largest absolute Gasteiger partial charge is 0.383 e. The monoisotopic (exact) mass is 299 g/mol. The summed E-state index contributed by atoms with van der Waals surface area (Å²) in [7, 11) is 0. The third-order valence-corrected chi connectivity index (χ3v) is 3.47. The maximum absolute atomic E-state index is 6.28. The van der Waals surface area contributed by atoms with E-state index in [2.05, 4.69) is 42.8 Å². The highest BCUT2D eigenvalue weighted by atomic mass is 15.2. The Balaban J connectivity index is 4.18. The van der Waals surface area contributed by atoms with Gasteiger partial charge in [-0.05, 0) is 39.3 Å². The summed E-state index contributed by atoms with van der Waals surface area (Å²) in [4.78, 5) is 0. The van der Waals surface area contributed by atoms with Crippen molar-refractivity contribution in [2.24, 2.45) is 11.5 Å². The predicted octanol–water partition coefficient (Wildman–Crippen LogP) is 1.61. The topological polar surface area (TPSA) is 88.1 Å². The molecule has 0 bridgehead atoms. The smallest absolute Gasteiger partial charge is 0.0764 e. The molecule has 0 rings (SSSR count). The van der Waals surface area contributed by atoms with Gasteiger partial charge in [-0.1, -0.05) is 39.2 Å². The molecule has 7 N–H and O–H groups in total. The molecular weight excluding hydrogens is 262 g/mol. The zero-order chi connectivity index (χ0) is 15.9. The lowest BCUT2D eigenvalue weighted by molar-refractivity contribution is 0.360. The Hall–Kier alpha value is -0.620. The summed E-state index contributed by atoms with van der Waals surface area (Å²) in [6.45, 7) is 8.91. The Labute approximate surface area is 131 Å². The molecule has 0 aromatic carbocycles. The first-order valence-electron chi connectivity index (χ1n) is 8.48. The van der Waals surface area contributed by atoms with Crippen molar-refractivity contribution in [2.75, 3.05) is 19.8 Å². The fourth-order valence-corrected chi connectivity index (χ4v) is 2.13. The molecular formula is C16H37N5. The standard InChI is InChI=1S/C16H37N5/c1-4-6-9-14(3)21-15(10-7-5-2)16(18)20-13-19-12-8-11-17/h9,15-16,19-21H,4-8,10-13,17-18H2,1-3H3/b14-9+/t15-,16-/m0/s1. The van der Waals surface area contributed by atoms with Gasteiger partial charge in [0.1, 0.15) is 0 Å². The third-order valence-electron chi connectivity index (χ3n) is 3.47. The van der Waals surface area contributed by atoms with E-state index in [0.717, 1.165) is 39.0 Å². The Morgan fingerprint density at radius 1 is 1.19 bits per heavy atom. The van der Waals surface area contributed by atoms with Crippen LogP contribution in [-0.4, -0.2) is 32.0 Å². The van der Waals surface area contributed by atoms with Gasteiger partial charge < -0.3 is 22.1 Å². The summed E-state index contributed by atoms with van der Waals surface area (Å²) in [5, 5.41) is 10.2. The van der Waals surface area contributed by atoms with Crippen LogP contribution in [0, 0.1) is 0 Å². The van der Waals surface area contributed by atoms with Gasteiger partial charge in [-0.3, -0.25) is 5.32 Å². The van der Waals surface area contributed by atoms with Gasteiger partial charge >= 0.3 is 0 Å². The molecule has 21 heavy (non-hydrogen) atoms. The maximum atomic E-state index is 6.28. The molecule has 0 aromatic heterocycles. The number of allylic oxidation sites excluding steroid dienone is 2. The van der Waals surface area contributed by atoms with Crippen molar-refractivity contribution in [1.82, 2.24) is 16.0 Å². The van der Waals surface area contributed by atoms with Crippen LogP contribution in [0.25, 0.3) is 0 Å². The van der Waals surface area contributed by atoms with Crippen LogP contribution in [0.1, 0.15) is 59.3 Å². The van der Waals surface area contributed by atoms with Crippen LogP contribution < -0.4 is 27.4 Å². The quantitative estimate of drug-likeness (QED) is 0.248. The van der Waals surface area contributed by atoms with E-state index in [4.69, 9.17) is 11.5 Å². The molecule has 126 valence electrons. The van der Waals surface area contributed by atoms with Crippen LogP contribution in [0.3, 0.4) is 0 Å². The van der Waals surface area contributed by atoms with E-state index < -0.39 is 0 Å². The first-order chi connectivity index (χ1) is 10.2. The van der Waals surface area contributed by atoms with Gasteiger partial charge in [-0.25, -0.2) is 0 Å². The highest BCUT2D eigenvalue weighted by Crippen LogP contribution is 2.06. The number of rotatable bonds is 14. The molecule has 0 heterocycles. The molecule has 0 fully saturated rings. The molecule has 0 unspecified atom stereocenters. The van der Waals surface area contributed by atoms with Gasteiger partial charge in [0, 0.05) is 12.4 Å². The summed E-state index contributed by atoms with van der Waals surface area (Å²) in [5.41, 5.74) is 13.0. The highest BCUT2D eigenvalue weighted by molar-refractivity contribution is 4.98. The van der Waals surface area contributed by atoms with Gasteiger partial charge in [0.05, 0.1) is 12.2 Å². The number of nitrogens with one attached hydrogen (secondary N) is 3. The molecule has 5 heteroatoms. The van der Waals surface area contributed by atoms with E-state index >= 15 is 0 Å². The zero-order valence-corrected chi connectivity index (χ0v) is 14.3. The molecule has 0 aliphatic carbocycles. The summed E-state index contributed by atoms with van der Waals surface area (Å²) >= 11 is 0. The lowest BCUT2D eigenvalue weighted by Crippen LogP contribution is -2.55. The van der Waals surface area contributed by atoms with Crippen molar-refractivity contribution in [3.8, 4) is 0 Å². The Morgan fingerprint density at radius 3 is 2.57 bits per heavy atom. The van der Waals surface area contributed by atoms with Crippen LogP contribution in [0.15, 0.2) is 11.8 Å². The summed E-state index contributed by atoms with van der Waals surface area (Å²) < 4.78 is 0. The van der Waals surface area contributed by atoms with E-state index in [-0.39, 0.29) is 12.2 Å². The van der Waals surface area contributed by atoms with Crippen molar-refractivity contribution in [3.63, 3.8) is 0 Å². The maximum Gasteiger partial charge on any atom is 0.0764 e. The average molecular weight is 300 g/mol. The lowest BCUT2D eigenvalue weighted by atomic mass is 10.1. The fourth-order valence-electron chi connectivity index (χ4n) is 2.13. The SMILES string of the molecule is CCC/C=C(\C)N[C@@H](CCCC)[C@@H](N)NCNCCCN. The van der Waals surface area contributed by atoms with Crippen molar-refractivity contribution in [2.45, 2.75) is 71.5 Å². The Kier molecular flexibility index (Phi) is 13.9. The Bertz CT molecular complexity index is 255. The minimum absolute atomic E-state index is 0.0492. The molecule has 0 amide bonds. The van der Waals surface area contributed by atoms with Gasteiger partial charge in [0.25, 0.3) is 0 Å². The van der Waals surface area contributed by atoms with Crippen molar-refractivity contribution < 1.29 is 0 Å². The minimum Gasteiger partial charge on any atom is -0.383 e. The number of hydrogen-bond donors (Lipinski definition) is 5. The van der Waals surface area contributed by atoms with E-state index in [1.165, 1.54) is 25.0 Å². The van der Waals surface area contributed by atoms with Gasteiger partial charge in [0.15, 0.2) is 0 Å².